The molecule has 1 heterocycles. The number of ether oxygens (including phenoxy) is 1. The van der Waals surface area contributed by atoms with Crippen LogP contribution in [0.5, 0.6) is 0 Å². The first-order valence-electron chi connectivity index (χ1n) is 2.95. The Kier molecular flexibility index (Phi) is 1.16. The molecule has 0 aromatic carbocycles. The molecule has 1 heteroatoms. The van der Waals surface area contributed by atoms with Gasteiger partial charge in [-0.25, -0.2) is 0 Å². The lowest BCUT2D eigenvalue weighted by Crippen LogP contribution is -2.00. The predicted molar refractivity (Wildman–Crippen MR) is 33.8 cm³/mol. The molecule has 0 spiro atoms. The van der Waals surface area contributed by atoms with Crippen LogP contribution < -0.4 is 0 Å². The van der Waals surface area contributed by atoms with Gasteiger partial charge >= 0.3 is 0 Å². The summed E-state index contributed by atoms with van der Waals surface area (Å²) >= 11 is 0. The molecule has 0 N–H and O–H groups in total. The Bertz CT molecular complexity index is 105. The van der Waals surface area contributed by atoms with Crippen molar-refractivity contribution in [2.24, 2.45) is 0 Å². The summed E-state index contributed by atoms with van der Waals surface area (Å²) in [5, 5.41) is 0. The number of hydrogen-bond donors (Lipinski definition) is 0. The molecule has 0 bridgehead atoms. The topological polar surface area (TPSA) is 12.5 Å². The first kappa shape index (κ1) is 5.83. The molecule has 1 atom stereocenters. The quantitative estimate of drug-likeness (QED) is 0.391. The lowest BCUT2D eigenvalue weighted by atomic mass is 10.1. The van der Waals surface area contributed by atoms with Crippen molar-refractivity contribution in [3.63, 3.8) is 0 Å². The zero-order valence-corrected chi connectivity index (χ0v) is 5.48. The van der Waals surface area contributed by atoms with Gasteiger partial charge in [-0.2, -0.15) is 0 Å². The number of epoxide rings is 1. The summed E-state index contributed by atoms with van der Waals surface area (Å²) in [7, 11) is 0. The monoisotopic (exact) mass is 112 g/mol. The zero-order chi connectivity index (χ0) is 6.20. The van der Waals surface area contributed by atoms with Crippen LogP contribution in [0.1, 0.15) is 20.3 Å². The maximum Gasteiger partial charge on any atom is 0.0902 e. The van der Waals surface area contributed by atoms with Gasteiger partial charge in [-0.1, -0.05) is 6.08 Å². The average Bonchev–Trinajstić information content (AvgIpc) is 2.15. The SMILES string of the molecule is C=CCC1OC1(C)C. The van der Waals surface area contributed by atoms with Crippen molar-refractivity contribution in [3.05, 3.63) is 12.7 Å². The van der Waals surface area contributed by atoms with Crippen LogP contribution in [0, 0.1) is 0 Å². The normalized spacial score (nSPS) is 32.0. The highest BCUT2D eigenvalue weighted by Crippen LogP contribution is 2.37. The van der Waals surface area contributed by atoms with Crippen LogP contribution >= 0.6 is 0 Å². The number of rotatable bonds is 2. The Morgan fingerprint density at radius 3 is 2.38 bits per heavy atom. The maximum absolute atomic E-state index is 5.27. The summed E-state index contributed by atoms with van der Waals surface area (Å²) < 4.78 is 5.27. The van der Waals surface area contributed by atoms with Crippen molar-refractivity contribution in [1.82, 2.24) is 0 Å². The van der Waals surface area contributed by atoms with Gasteiger partial charge in [0.2, 0.25) is 0 Å². The van der Waals surface area contributed by atoms with E-state index < -0.39 is 0 Å². The summed E-state index contributed by atoms with van der Waals surface area (Å²) in [6.45, 7) is 7.82. The molecule has 1 unspecified atom stereocenters. The molecule has 1 nitrogen and oxygen atoms in total. The fraction of sp³-hybridized carbons (Fsp3) is 0.714. The van der Waals surface area contributed by atoms with E-state index in [4.69, 9.17) is 4.74 Å². The molecule has 0 amide bonds. The van der Waals surface area contributed by atoms with Crippen LogP contribution in [-0.4, -0.2) is 11.7 Å². The summed E-state index contributed by atoms with van der Waals surface area (Å²) in [5.41, 5.74) is 0.147. The van der Waals surface area contributed by atoms with Gasteiger partial charge in [-0.3, -0.25) is 0 Å². The number of hydrogen-bond acceptors (Lipinski definition) is 1. The molecule has 1 aliphatic rings. The van der Waals surface area contributed by atoms with Gasteiger partial charge in [-0.05, 0) is 20.3 Å². The van der Waals surface area contributed by atoms with E-state index in [1.807, 2.05) is 6.08 Å². The van der Waals surface area contributed by atoms with Crippen molar-refractivity contribution >= 4 is 0 Å². The van der Waals surface area contributed by atoms with Gasteiger partial charge < -0.3 is 4.74 Å². The third-order valence-corrected chi connectivity index (χ3v) is 1.54. The smallest absolute Gasteiger partial charge is 0.0902 e. The second-order valence-corrected chi connectivity index (χ2v) is 2.73. The highest BCUT2D eigenvalue weighted by atomic mass is 16.6. The van der Waals surface area contributed by atoms with E-state index in [1.165, 1.54) is 0 Å². The fourth-order valence-corrected chi connectivity index (χ4v) is 0.816. The molecule has 0 aliphatic carbocycles. The lowest BCUT2D eigenvalue weighted by molar-refractivity contribution is 0.324. The molecular formula is C7H12O. The molecule has 1 saturated heterocycles. The molecule has 0 radical (unpaired) electrons. The van der Waals surface area contributed by atoms with Crippen molar-refractivity contribution < 1.29 is 4.74 Å². The minimum atomic E-state index is 0.147. The van der Waals surface area contributed by atoms with E-state index in [0.29, 0.717) is 6.10 Å². The molecule has 1 aliphatic heterocycles. The van der Waals surface area contributed by atoms with Crippen LogP contribution in [0.4, 0.5) is 0 Å². The van der Waals surface area contributed by atoms with Crippen molar-refractivity contribution in [1.29, 1.82) is 0 Å². The van der Waals surface area contributed by atoms with E-state index in [0.717, 1.165) is 6.42 Å². The Hall–Kier alpha value is -0.300. The van der Waals surface area contributed by atoms with Gasteiger partial charge in [0.05, 0.1) is 11.7 Å². The maximum atomic E-state index is 5.27. The van der Waals surface area contributed by atoms with Crippen LogP contribution in [0.3, 0.4) is 0 Å². The molecule has 1 rings (SSSR count). The van der Waals surface area contributed by atoms with Gasteiger partial charge in [0, 0.05) is 0 Å². The van der Waals surface area contributed by atoms with E-state index in [2.05, 4.69) is 20.4 Å². The molecule has 0 aromatic rings. The molecule has 8 heavy (non-hydrogen) atoms. The van der Waals surface area contributed by atoms with E-state index in [-0.39, 0.29) is 5.60 Å². The summed E-state index contributed by atoms with van der Waals surface area (Å²) in [5.74, 6) is 0. The third kappa shape index (κ3) is 0.920. The van der Waals surface area contributed by atoms with Gasteiger partial charge in [0.15, 0.2) is 0 Å². The van der Waals surface area contributed by atoms with Gasteiger partial charge in [0.25, 0.3) is 0 Å². The van der Waals surface area contributed by atoms with E-state index in [9.17, 15) is 0 Å². The van der Waals surface area contributed by atoms with Crippen LogP contribution in [0.15, 0.2) is 12.7 Å². The largest absolute Gasteiger partial charge is 0.366 e. The summed E-state index contributed by atoms with van der Waals surface area (Å²) in [4.78, 5) is 0. The van der Waals surface area contributed by atoms with Crippen LogP contribution in [-0.2, 0) is 4.74 Å². The third-order valence-electron chi connectivity index (χ3n) is 1.54. The van der Waals surface area contributed by atoms with Crippen LogP contribution in [0.2, 0.25) is 0 Å². The second-order valence-electron chi connectivity index (χ2n) is 2.73. The minimum Gasteiger partial charge on any atom is -0.366 e. The molecule has 46 valence electrons. The predicted octanol–water partition coefficient (Wildman–Crippen LogP) is 1.74. The van der Waals surface area contributed by atoms with Crippen molar-refractivity contribution in [2.75, 3.05) is 0 Å². The Morgan fingerprint density at radius 1 is 1.75 bits per heavy atom. The minimum absolute atomic E-state index is 0.147. The van der Waals surface area contributed by atoms with Crippen molar-refractivity contribution in [3.8, 4) is 0 Å². The Labute approximate surface area is 50.3 Å². The molecule has 0 aromatic heterocycles. The molecule has 1 fully saturated rings. The van der Waals surface area contributed by atoms with Gasteiger partial charge in [-0.15, -0.1) is 6.58 Å². The Balaban J connectivity index is 2.26. The second kappa shape index (κ2) is 1.59. The average molecular weight is 112 g/mol. The Morgan fingerprint density at radius 2 is 2.25 bits per heavy atom. The highest BCUT2D eigenvalue weighted by Gasteiger charge is 2.46. The lowest BCUT2D eigenvalue weighted by Gasteiger charge is -1.88. The van der Waals surface area contributed by atoms with Crippen molar-refractivity contribution in [2.45, 2.75) is 32.0 Å². The van der Waals surface area contributed by atoms with E-state index in [1.54, 1.807) is 0 Å². The first-order chi connectivity index (χ1) is 3.67. The molecular weight excluding hydrogens is 100 g/mol. The van der Waals surface area contributed by atoms with Crippen LogP contribution in [0.25, 0.3) is 0 Å². The first-order valence-corrected chi connectivity index (χ1v) is 2.95. The standard InChI is InChI=1S/C7H12O/c1-4-5-6-7(2,3)8-6/h4,6H,1,5H2,2-3H3. The molecule has 0 saturated carbocycles. The highest BCUT2D eigenvalue weighted by molar-refractivity contribution is 4.98. The fourth-order valence-electron chi connectivity index (χ4n) is 0.816. The zero-order valence-electron chi connectivity index (χ0n) is 5.48. The summed E-state index contributed by atoms with van der Waals surface area (Å²) in [6, 6.07) is 0. The van der Waals surface area contributed by atoms with Gasteiger partial charge in [0.1, 0.15) is 0 Å². The summed E-state index contributed by atoms with van der Waals surface area (Å²) in [6.07, 6.45) is 3.34. The van der Waals surface area contributed by atoms with E-state index >= 15 is 0 Å².